The molecular weight excluding hydrogens is 346 g/mol. The fourth-order valence-corrected chi connectivity index (χ4v) is 3.39. The Labute approximate surface area is 157 Å². The molecule has 2 aromatic heterocycles. The minimum absolute atomic E-state index is 0.0205. The van der Waals surface area contributed by atoms with Gasteiger partial charge in [0, 0.05) is 37.5 Å². The van der Waals surface area contributed by atoms with E-state index in [2.05, 4.69) is 15.0 Å². The number of rotatable bonds is 3. The van der Waals surface area contributed by atoms with E-state index in [1.54, 1.807) is 11.8 Å². The van der Waals surface area contributed by atoms with Gasteiger partial charge in [-0.2, -0.15) is 0 Å². The maximum absolute atomic E-state index is 13.0. The van der Waals surface area contributed by atoms with Gasteiger partial charge in [0.1, 0.15) is 17.2 Å². The van der Waals surface area contributed by atoms with Gasteiger partial charge in [0.25, 0.3) is 11.5 Å². The van der Waals surface area contributed by atoms with Crippen molar-refractivity contribution in [2.45, 2.75) is 33.7 Å². The maximum Gasteiger partial charge on any atom is 0.261 e. The van der Waals surface area contributed by atoms with E-state index in [-0.39, 0.29) is 11.3 Å². The molecule has 0 unspecified atom stereocenters. The molecule has 0 spiro atoms. The Morgan fingerprint density at radius 1 is 1.19 bits per heavy atom. The predicted octanol–water partition coefficient (Wildman–Crippen LogP) is 1.25. The molecule has 2 aromatic rings. The van der Waals surface area contributed by atoms with Gasteiger partial charge in [0.2, 0.25) is 0 Å². The molecule has 1 aliphatic heterocycles. The summed E-state index contributed by atoms with van der Waals surface area (Å²) in [5, 5.41) is 0. The molecule has 0 saturated carbocycles. The van der Waals surface area contributed by atoms with Gasteiger partial charge in [-0.05, 0) is 33.3 Å². The molecule has 0 radical (unpaired) electrons. The summed E-state index contributed by atoms with van der Waals surface area (Å²) in [7, 11) is 3.85. The number of carbonyl (C=O) groups excluding carboxylic acids is 2. The van der Waals surface area contributed by atoms with Gasteiger partial charge in [0.15, 0.2) is 5.78 Å². The predicted molar refractivity (Wildman–Crippen MR) is 101 cm³/mol. The number of fused-ring (bicyclic) bond motifs is 1. The molecule has 3 rings (SSSR count). The summed E-state index contributed by atoms with van der Waals surface area (Å²) in [5.41, 5.74) is 2.13. The van der Waals surface area contributed by atoms with Gasteiger partial charge < -0.3 is 14.8 Å². The molecule has 0 atom stereocenters. The number of aromatic amines is 1. The third-order valence-corrected chi connectivity index (χ3v) is 4.71. The lowest BCUT2D eigenvalue weighted by Gasteiger charge is -2.30. The second kappa shape index (κ2) is 6.94. The second-order valence-corrected chi connectivity index (χ2v) is 7.00. The fourth-order valence-electron chi connectivity index (χ4n) is 3.39. The molecule has 0 saturated heterocycles. The van der Waals surface area contributed by atoms with Crippen LogP contribution in [0.3, 0.4) is 0 Å². The average Bonchev–Trinajstić information content (AvgIpc) is 2.59. The zero-order chi connectivity index (χ0) is 19.9. The summed E-state index contributed by atoms with van der Waals surface area (Å²) >= 11 is 0. The number of Topliss-reactive ketones (excluding diaryl/α,β-unsaturated/α-hetero) is 1. The standard InChI is InChI=1S/C19H23N5O3/c1-10-14(11(2)25)8-15(18(26)20-10)19(27)24-7-6-13-16(9-24)21-12(3)22-17(13)23(4)5/h8H,6-7,9H2,1-5H3,(H,20,26). The van der Waals surface area contributed by atoms with E-state index in [1.807, 2.05) is 25.9 Å². The minimum Gasteiger partial charge on any atom is -0.362 e. The number of H-pyrrole nitrogens is 1. The van der Waals surface area contributed by atoms with E-state index in [1.165, 1.54) is 13.0 Å². The first kappa shape index (κ1) is 18.8. The highest BCUT2D eigenvalue weighted by molar-refractivity contribution is 6.00. The van der Waals surface area contributed by atoms with Crippen LogP contribution in [0.25, 0.3) is 0 Å². The smallest absolute Gasteiger partial charge is 0.261 e. The lowest BCUT2D eigenvalue weighted by molar-refractivity contribution is 0.0729. The minimum atomic E-state index is -0.485. The van der Waals surface area contributed by atoms with Gasteiger partial charge in [-0.3, -0.25) is 14.4 Å². The van der Waals surface area contributed by atoms with Crippen molar-refractivity contribution >= 4 is 17.5 Å². The second-order valence-electron chi connectivity index (χ2n) is 7.00. The number of pyridine rings is 1. The highest BCUT2D eigenvalue weighted by Gasteiger charge is 2.28. The lowest BCUT2D eigenvalue weighted by atomic mass is 10.0. The van der Waals surface area contributed by atoms with Crippen LogP contribution in [-0.2, 0) is 13.0 Å². The van der Waals surface area contributed by atoms with Crippen molar-refractivity contribution < 1.29 is 9.59 Å². The quantitative estimate of drug-likeness (QED) is 0.818. The van der Waals surface area contributed by atoms with Gasteiger partial charge >= 0.3 is 0 Å². The van der Waals surface area contributed by atoms with Crippen LogP contribution >= 0.6 is 0 Å². The van der Waals surface area contributed by atoms with E-state index in [0.29, 0.717) is 36.6 Å². The Hall–Kier alpha value is -3.03. The summed E-state index contributed by atoms with van der Waals surface area (Å²) in [5.74, 6) is 0.906. The number of aromatic nitrogens is 3. The topological polar surface area (TPSA) is 99.3 Å². The zero-order valence-electron chi connectivity index (χ0n) is 16.2. The molecule has 1 aliphatic rings. The number of anilines is 1. The number of hydrogen-bond donors (Lipinski definition) is 1. The number of amides is 1. The van der Waals surface area contributed by atoms with Crippen molar-refractivity contribution in [3.8, 4) is 0 Å². The third-order valence-electron chi connectivity index (χ3n) is 4.71. The molecule has 1 amide bonds. The van der Waals surface area contributed by atoms with Gasteiger partial charge in [0.05, 0.1) is 12.2 Å². The summed E-state index contributed by atoms with van der Waals surface area (Å²) in [6, 6.07) is 1.39. The van der Waals surface area contributed by atoms with E-state index in [0.717, 1.165) is 17.1 Å². The first-order chi connectivity index (χ1) is 12.7. The molecule has 142 valence electrons. The molecule has 0 fully saturated rings. The van der Waals surface area contributed by atoms with Crippen LogP contribution in [0, 0.1) is 13.8 Å². The Morgan fingerprint density at radius 3 is 2.52 bits per heavy atom. The fraction of sp³-hybridized carbons (Fsp3) is 0.421. The monoisotopic (exact) mass is 369 g/mol. The SMILES string of the molecule is CC(=O)c1cc(C(=O)N2CCc3c(nc(C)nc3N(C)C)C2)c(=O)[nH]c1C. The van der Waals surface area contributed by atoms with Gasteiger partial charge in [-0.25, -0.2) is 9.97 Å². The Morgan fingerprint density at radius 2 is 1.89 bits per heavy atom. The highest BCUT2D eigenvalue weighted by Crippen LogP contribution is 2.26. The van der Waals surface area contributed by atoms with Crippen molar-refractivity contribution in [1.29, 1.82) is 0 Å². The van der Waals surface area contributed by atoms with E-state index in [4.69, 9.17) is 0 Å². The molecule has 27 heavy (non-hydrogen) atoms. The Kier molecular flexibility index (Phi) is 4.82. The van der Waals surface area contributed by atoms with E-state index in [9.17, 15) is 14.4 Å². The number of nitrogens with one attached hydrogen (secondary N) is 1. The molecule has 0 bridgehead atoms. The van der Waals surface area contributed by atoms with Crippen LogP contribution in [0.1, 0.15) is 50.4 Å². The number of ketones is 1. The summed E-state index contributed by atoms with van der Waals surface area (Å²) in [6.45, 7) is 5.64. The molecule has 8 nitrogen and oxygen atoms in total. The van der Waals surface area contributed by atoms with Crippen molar-refractivity contribution in [3.05, 3.63) is 50.3 Å². The zero-order valence-corrected chi connectivity index (χ0v) is 16.2. The largest absolute Gasteiger partial charge is 0.362 e. The molecular formula is C19H23N5O3. The van der Waals surface area contributed by atoms with Crippen molar-refractivity contribution in [3.63, 3.8) is 0 Å². The molecule has 1 N–H and O–H groups in total. The van der Waals surface area contributed by atoms with Crippen LogP contribution in [0.2, 0.25) is 0 Å². The van der Waals surface area contributed by atoms with Crippen LogP contribution in [0.4, 0.5) is 5.82 Å². The third kappa shape index (κ3) is 3.47. The van der Waals surface area contributed by atoms with Crippen LogP contribution in [-0.4, -0.2) is 52.2 Å². The Bertz CT molecular complexity index is 994. The van der Waals surface area contributed by atoms with Crippen LogP contribution in [0.15, 0.2) is 10.9 Å². The first-order valence-electron chi connectivity index (χ1n) is 8.77. The van der Waals surface area contributed by atoms with Crippen molar-refractivity contribution in [2.24, 2.45) is 0 Å². The maximum atomic E-state index is 13.0. The van der Waals surface area contributed by atoms with Crippen molar-refractivity contribution in [2.75, 3.05) is 25.5 Å². The number of nitrogens with zero attached hydrogens (tertiary/aromatic N) is 4. The van der Waals surface area contributed by atoms with E-state index < -0.39 is 11.5 Å². The molecule has 0 aromatic carbocycles. The van der Waals surface area contributed by atoms with Gasteiger partial charge in [-0.15, -0.1) is 0 Å². The highest BCUT2D eigenvalue weighted by atomic mass is 16.2. The van der Waals surface area contributed by atoms with Crippen LogP contribution < -0.4 is 10.5 Å². The molecule has 8 heteroatoms. The molecule has 0 aliphatic carbocycles. The lowest BCUT2D eigenvalue weighted by Crippen LogP contribution is -2.40. The molecule has 3 heterocycles. The normalized spacial score (nSPS) is 13.3. The number of hydrogen-bond acceptors (Lipinski definition) is 6. The van der Waals surface area contributed by atoms with Crippen LogP contribution in [0.5, 0.6) is 0 Å². The van der Waals surface area contributed by atoms with E-state index >= 15 is 0 Å². The van der Waals surface area contributed by atoms with Gasteiger partial charge in [-0.1, -0.05) is 0 Å². The first-order valence-corrected chi connectivity index (χ1v) is 8.77. The number of carbonyl (C=O) groups is 2. The Balaban J connectivity index is 1.97. The van der Waals surface area contributed by atoms with Crippen molar-refractivity contribution in [1.82, 2.24) is 19.9 Å². The summed E-state index contributed by atoms with van der Waals surface area (Å²) in [4.78, 5) is 52.1. The summed E-state index contributed by atoms with van der Waals surface area (Å²) in [6.07, 6.45) is 0.609. The summed E-state index contributed by atoms with van der Waals surface area (Å²) < 4.78 is 0. The average molecular weight is 369 g/mol. The number of aryl methyl sites for hydroxylation is 2.